The minimum absolute atomic E-state index is 0.104. The molecule has 33 heavy (non-hydrogen) atoms. The Morgan fingerprint density at radius 3 is 2.91 bits per heavy atom. The molecule has 9 nitrogen and oxygen atoms in total. The van der Waals surface area contributed by atoms with Gasteiger partial charge in [0.05, 0.1) is 18.1 Å². The number of aromatic nitrogens is 4. The summed E-state index contributed by atoms with van der Waals surface area (Å²) in [5, 5.41) is 11.9. The molecule has 0 spiro atoms. The van der Waals surface area contributed by atoms with E-state index in [0.29, 0.717) is 35.6 Å². The molecule has 168 valence electrons. The van der Waals surface area contributed by atoms with Gasteiger partial charge in [0, 0.05) is 24.5 Å². The molecule has 0 saturated carbocycles. The van der Waals surface area contributed by atoms with Gasteiger partial charge in [-0.05, 0) is 48.9 Å². The lowest BCUT2D eigenvalue weighted by atomic mass is 10.2. The van der Waals surface area contributed by atoms with Crippen molar-refractivity contribution in [1.82, 2.24) is 25.1 Å². The Bertz CT molecular complexity index is 1240. The van der Waals surface area contributed by atoms with Gasteiger partial charge in [-0.3, -0.25) is 14.3 Å². The molecule has 4 heterocycles. The maximum absolute atomic E-state index is 12.8. The van der Waals surface area contributed by atoms with Gasteiger partial charge in [0.1, 0.15) is 5.76 Å². The first-order chi connectivity index (χ1) is 16.2. The molecule has 3 aromatic heterocycles. The molecule has 4 aromatic rings. The Labute approximate surface area is 194 Å². The second-order valence-corrected chi connectivity index (χ2v) is 8.69. The number of carbonyl (C=O) groups excluding carboxylic acids is 1. The number of thioether (sulfide) groups is 1. The molecule has 0 saturated heterocycles. The molecule has 0 radical (unpaired) electrons. The smallest absolute Gasteiger partial charge is 0.233 e. The Hall–Kier alpha value is -3.79. The number of hydrogen-bond acceptors (Lipinski definition) is 8. The molecule has 1 aliphatic rings. The predicted molar refractivity (Wildman–Crippen MR) is 121 cm³/mol. The molecule has 1 aromatic carbocycles. The number of amides is 1. The summed E-state index contributed by atoms with van der Waals surface area (Å²) in [5.41, 5.74) is 1.77. The van der Waals surface area contributed by atoms with E-state index in [1.807, 2.05) is 54.0 Å². The van der Waals surface area contributed by atoms with Crippen molar-refractivity contribution in [3.8, 4) is 22.9 Å². The van der Waals surface area contributed by atoms with Gasteiger partial charge in [0.15, 0.2) is 22.5 Å². The van der Waals surface area contributed by atoms with Crippen LogP contribution in [0.3, 0.4) is 0 Å². The minimum atomic E-state index is -0.389. The molecule has 0 aliphatic carbocycles. The van der Waals surface area contributed by atoms with Crippen LogP contribution in [0.15, 0.2) is 70.7 Å². The number of nitrogens with one attached hydrogen (secondary N) is 1. The summed E-state index contributed by atoms with van der Waals surface area (Å²) in [6, 6.07) is 13.1. The summed E-state index contributed by atoms with van der Waals surface area (Å²) in [6.07, 6.45) is 5.07. The highest BCUT2D eigenvalue weighted by Crippen LogP contribution is 2.32. The van der Waals surface area contributed by atoms with Crippen molar-refractivity contribution in [1.29, 1.82) is 0 Å². The average molecular weight is 464 g/mol. The monoisotopic (exact) mass is 463 g/mol. The van der Waals surface area contributed by atoms with Crippen molar-refractivity contribution >= 4 is 17.7 Å². The minimum Gasteiger partial charge on any atom is -0.467 e. The quantitative estimate of drug-likeness (QED) is 0.396. The predicted octanol–water partition coefficient (Wildman–Crippen LogP) is 3.51. The van der Waals surface area contributed by atoms with E-state index in [1.165, 1.54) is 11.8 Å². The van der Waals surface area contributed by atoms with Crippen molar-refractivity contribution < 1.29 is 18.7 Å². The Morgan fingerprint density at radius 1 is 1.18 bits per heavy atom. The molecule has 0 unspecified atom stereocenters. The Morgan fingerprint density at radius 2 is 2.09 bits per heavy atom. The third-order valence-corrected chi connectivity index (χ3v) is 6.17. The number of benzene rings is 1. The largest absolute Gasteiger partial charge is 0.467 e. The van der Waals surface area contributed by atoms with Crippen molar-refractivity contribution in [2.75, 3.05) is 6.79 Å². The highest BCUT2D eigenvalue weighted by atomic mass is 32.2. The van der Waals surface area contributed by atoms with Gasteiger partial charge in [-0.2, -0.15) is 0 Å². The molecule has 1 N–H and O–H groups in total. The van der Waals surface area contributed by atoms with Gasteiger partial charge in [0.2, 0.25) is 12.7 Å². The van der Waals surface area contributed by atoms with E-state index < -0.39 is 0 Å². The second kappa shape index (κ2) is 9.37. The zero-order valence-electron chi connectivity index (χ0n) is 17.8. The first kappa shape index (κ1) is 21.1. The van der Waals surface area contributed by atoms with Crippen LogP contribution in [-0.2, 0) is 17.9 Å². The highest BCUT2D eigenvalue weighted by Gasteiger charge is 2.22. The van der Waals surface area contributed by atoms with E-state index >= 15 is 0 Å². The molecule has 10 heteroatoms. The summed E-state index contributed by atoms with van der Waals surface area (Å²) in [6.45, 7) is 2.90. The summed E-state index contributed by atoms with van der Waals surface area (Å²) in [4.78, 5) is 17.0. The summed E-state index contributed by atoms with van der Waals surface area (Å²) in [5.74, 6) is 2.73. The average Bonchev–Trinajstić information content (AvgIpc) is 3.60. The van der Waals surface area contributed by atoms with Crippen molar-refractivity contribution in [2.45, 2.75) is 30.4 Å². The number of fused-ring (bicyclic) bond motifs is 1. The molecule has 1 amide bonds. The first-order valence-electron chi connectivity index (χ1n) is 10.4. The van der Waals surface area contributed by atoms with Crippen LogP contribution in [0.25, 0.3) is 11.4 Å². The molecule has 0 bridgehead atoms. The van der Waals surface area contributed by atoms with Crippen LogP contribution in [0.2, 0.25) is 0 Å². The number of furan rings is 1. The number of rotatable bonds is 8. The molecular formula is C23H21N5O4S. The zero-order valence-corrected chi connectivity index (χ0v) is 18.6. The maximum Gasteiger partial charge on any atom is 0.233 e. The van der Waals surface area contributed by atoms with Crippen LogP contribution in [0, 0.1) is 0 Å². The van der Waals surface area contributed by atoms with Gasteiger partial charge in [-0.15, -0.1) is 10.2 Å². The van der Waals surface area contributed by atoms with Crippen LogP contribution >= 0.6 is 11.8 Å². The lowest BCUT2D eigenvalue weighted by molar-refractivity contribution is -0.120. The van der Waals surface area contributed by atoms with Crippen LogP contribution < -0.4 is 14.8 Å². The number of ether oxygens (including phenoxy) is 2. The van der Waals surface area contributed by atoms with Gasteiger partial charge in [-0.25, -0.2) is 0 Å². The van der Waals surface area contributed by atoms with Crippen LogP contribution in [0.5, 0.6) is 11.5 Å². The Kier molecular flexibility index (Phi) is 5.99. The summed E-state index contributed by atoms with van der Waals surface area (Å²) in [7, 11) is 0. The normalized spacial score (nSPS) is 13.1. The van der Waals surface area contributed by atoms with E-state index in [-0.39, 0.29) is 18.0 Å². The summed E-state index contributed by atoms with van der Waals surface area (Å²) < 4.78 is 18.2. The summed E-state index contributed by atoms with van der Waals surface area (Å²) >= 11 is 1.34. The number of pyridine rings is 1. The van der Waals surface area contributed by atoms with Crippen molar-refractivity contribution in [2.24, 2.45) is 0 Å². The fourth-order valence-electron chi connectivity index (χ4n) is 3.38. The number of nitrogens with zero attached hydrogens (tertiary/aromatic N) is 4. The lowest BCUT2D eigenvalue weighted by Crippen LogP contribution is -2.30. The molecule has 1 atom stereocenters. The van der Waals surface area contributed by atoms with E-state index in [0.717, 1.165) is 16.9 Å². The first-order valence-corrected chi connectivity index (χ1v) is 11.2. The zero-order chi connectivity index (χ0) is 22.6. The second-order valence-electron chi connectivity index (χ2n) is 7.38. The van der Waals surface area contributed by atoms with Gasteiger partial charge >= 0.3 is 0 Å². The molecule has 1 aliphatic heterocycles. The maximum atomic E-state index is 12.8. The third kappa shape index (κ3) is 4.70. The van der Waals surface area contributed by atoms with Crippen LogP contribution in [-0.4, -0.2) is 37.7 Å². The topological polar surface area (TPSA) is 104 Å². The molecular weight excluding hydrogens is 442 g/mol. The lowest BCUT2D eigenvalue weighted by Gasteiger charge is -2.13. The number of carbonyl (C=O) groups is 1. The standard InChI is InChI=1S/C23H21N5O4S/c1-15(22(29)25-11-16-6-7-19-20(10-16)32-14-31-19)33-23-27-26-21(17-4-2-8-24-12-17)28(23)13-18-5-3-9-30-18/h2-10,12,15H,11,13-14H2,1H3,(H,25,29)/t15-/m0/s1. The third-order valence-electron chi connectivity index (χ3n) is 5.09. The molecule has 0 fully saturated rings. The highest BCUT2D eigenvalue weighted by molar-refractivity contribution is 8.00. The number of hydrogen-bond donors (Lipinski definition) is 1. The molecule has 5 rings (SSSR count). The SMILES string of the molecule is C[C@H](Sc1nnc(-c2cccnc2)n1Cc1ccco1)C(=O)NCc1ccc2c(c1)OCO2. The fraction of sp³-hybridized carbons (Fsp3) is 0.217. The van der Waals surface area contributed by atoms with Gasteiger partial charge in [0.25, 0.3) is 0 Å². The van der Waals surface area contributed by atoms with Gasteiger partial charge in [-0.1, -0.05) is 17.8 Å². The van der Waals surface area contributed by atoms with Crippen molar-refractivity contribution in [3.63, 3.8) is 0 Å². The van der Waals surface area contributed by atoms with E-state index in [2.05, 4.69) is 20.5 Å². The van der Waals surface area contributed by atoms with Crippen molar-refractivity contribution in [3.05, 3.63) is 72.4 Å². The Balaban J connectivity index is 1.29. The van der Waals surface area contributed by atoms with Crippen LogP contribution in [0.4, 0.5) is 0 Å². The van der Waals surface area contributed by atoms with E-state index in [9.17, 15) is 4.79 Å². The van der Waals surface area contributed by atoms with Crippen LogP contribution in [0.1, 0.15) is 18.2 Å². The fourth-order valence-corrected chi connectivity index (χ4v) is 4.25. The van der Waals surface area contributed by atoms with E-state index in [4.69, 9.17) is 13.9 Å². The van der Waals surface area contributed by atoms with Gasteiger partial charge < -0.3 is 19.2 Å². The van der Waals surface area contributed by atoms with E-state index in [1.54, 1.807) is 18.7 Å².